The molecule has 0 bridgehead atoms. The average Bonchev–Trinajstić information content (AvgIpc) is 3.46. The first-order chi connectivity index (χ1) is 38.6. The lowest BCUT2D eigenvalue weighted by molar-refractivity contribution is -0.301. The largest absolute Gasteiger partial charge is 0.479 e. The molecule has 0 amide bonds. The molecular weight excluding hydrogens is 997 g/mol. The minimum atomic E-state index is -1.92. The second kappa shape index (κ2) is 54.0. The van der Waals surface area contributed by atoms with Crippen LogP contribution in [0.3, 0.4) is 0 Å². The van der Waals surface area contributed by atoms with Crippen LogP contribution >= 0.6 is 0 Å². The van der Waals surface area contributed by atoms with Crippen LogP contribution in [0.4, 0.5) is 0 Å². The number of carbonyl (C=O) groups excluding carboxylic acids is 3. The zero-order chi connectivity index (χ0) is 57.5. The summed E-state index contributed by atoms with van der Waals surface area (Å²) in [6, 6.07) is 0. The van der Waals surface area contributed by atoms with Crippen LogP contribution in [0.1, 0.15) is 239 Å². The monoisotopic (exact) mass is 1100 g/mol. The second-order valence-electron chi connectivity index (χ2n) is 20.6. The first-order valence-electron chi connectivity index (χ1n) is 30.9. The Labute approximate surface area is 478 Å². The van der Waals surface area contributed by atoms with Gasteiger partial charge in [-0.1, -0.05) is 246 Å². The van der Waals surface area contributed by atoms with Crippen molar-refractivity contribution in [1.82, 2.24) is 0 Å². The molecule has 1 heterocycles. The molecule has 1 rings (SSSR count). The SMILES string of the molecule is CC/C=C\C/C=C\C/C=C\C/C=C\C/C=C\CC(=O)OCC(COC1OC(C(=O)O)C(O)C(O)C1OC(=O)CCCCCCCC/C=C\C/C=C\C/C=C\C/C=C\CC)OC(=O)CCCCCCCCCCCCCCCCC. The molecule has 0 aliphatic carbocycles. The summed E-state index contributed by atoms with van der Waals surface area (Å²) in [4.78, 5) is 51.2. The van der Waals surface area contributed by atoms with Gasteiger partial charge in [0.05, 0.1) is 13.0 Å². The van der Waals surface area contributed by atoms with Crippen LogP contribution in [-0.4, -0.2) is 89.2 Å². The third-order valence-electron chi connectivity index (χ3n) is 13.4. The highest BCUT2D eigenvalue weighted by molar-refractivity contribution is 5.74. The summed E-state index contributed by atoms with van der Waals surface area (Å²) < 4.78 is 28.3. The summed E-state index contributed by atoms with van der Waals surface area (Å²) in [6.07, 6.45) is 60.7. The van der Waals surface area contributed by atoms with Crippen molar-refractivity contribution < 1.29 is 58.2 Å². The number of hydrogen-bond acceptors (Lipinski definition) is 11. The number of carboxylic acids is 1. The van der Waals surface area contributed by atoms with Gasteiger partial charge in [-0.3, -0.25) is 14.4 Å². The van der Waals surface area contributed by atoms with Crippen molar-refractivity contribution in [2.24, 2.45) is 0 Å². The van der Waals surface area contributed by atoms with E-state index < -0.39 is 67.3 Å². The smallest absolute Gasteiger partial charge is 0.335 e. The van der Waals surface area contributed by atoms with Gasteiger partial charge in [-0.05, 0) is 83.5 Å². The van der Waals surface area contributed by atoms with Gasteiger partial charge >= 0.3 is 23.9 Å². The summed E-state index contributed by atoms with van der Waals surface area (Å²) >= 11 is 0. The molecule has 6 unspecified atom stereocenters. The highest BCUT2D eigenvalue weighted by atomic mass is 16.7. The number of aliphatic carboxylic acids is 1. The molecule has 1 aliphatic heterocycles. The number of aliphatic hydroxyl groups excluding tert-OH is 2. The van der Waals surface area contributed by atoms with Crippen molar-refractivity contribution in [3.05, 3.63) is 109 Å². The molecule has 0 aromatic carbocycles. The van der Waals surface area contributed by atoms with Gasteiger partial charge in [-0.25, -0.2) is 4.79 Å². The molecule has 6 atom stereocenters. The van der Waals surface area contributed by atoms with E-state index >= 15 is 0 Å². The van der Waals surface area contributed by atoms with Gasteiger partial charge < -0.3 is 39.0 Å². The number of allylic oxidation sites excluding steroid dienone is 17. The van der Waals surface area contributed by atoms with Crippen LogP contribution in [-0.2, 0) is 42.9 Å². The van der Waals surface area contributed by atoms with Crippen LogP contribution in [0, 0.1) is 0 Å². The minimum absolute atomic E-state index is 0.0189. The Hall–Kier alpha value is -4.62. The third-order valence-corrected chi connectivity index (χ3v) is 13.4. The highest BCUT2D eigenvalue weighted by Crippen LogP contribution is 2.26. The van der Waals surface area contributed by atoms with E-state index in [1.807, 2.05) is 12.2 Å². The van der Waals surface area contributed by atoms with E-state index in [2.05, 4.69) is 112 Å². The number of esters is 3. The number of ether oxygens (including phenoxy) is 5. The Bertz CT molecular complexity index is 1790. The fourth-order valence-corrected chi connectivity index (χ4v) is 8.73. The van der Waals surface area contributed by atoms with Crippen LogP contribution in [0.5, 0.6) is 0 Å². The Morgan fingerprint density at radius 1 is 0.443 bits per heavy atom. The summed E-state index contributed by atoms with van der Waals surface area (Å²) in [5.41, 5.74) is 0. The number of rotatable bonds is 51. The van der Waals surface area contributed by atoms with Crippen molar-refractivity contribution in [2.75, 3.05) is 13.2 Å². The number of unbranched alkanes of at least 4 members (excludes halogenated alkanes) is 20. The summed E-state index contributed by atoms with van der Waals surface area (Å²) in [7, 11) is 0. The predicted molar refractivity (Wildman–Crippen MR) is 321 cm³/mol. The van der Waals surface area contributed by atoms with Gasteiger partial charge in [0.1, 0.15) is 18.8 Å². The van der Waals surface area contributed by atoms with Crippen LogP contribution in [0.15, 0.2) is 109 Å². The van der Waals surface area contributed by atoms with Gasteiger partial charge in [0.25, 0.3) is 0 Å². The maximum absolute atomic E-state index is 13.2. The number of carboxylic acid groups (broad SMARTS) is 1. The van der Waals surface area contributed by atoms with Gasteiger partial charge in [0, 0.05) is 12.8 Å². The van der Waals surface area contributed by atoms with E-state index in [-0.39, 0.29) is 25.9 Å². The molecule has 1 aliphatic rings. The molecular formula is C67H108O12. The maximum atomic E-state index is 13.2. The molecule has 0 aromatic heterocycles. The van der Waals surface area contributed by atoms with Gasteiger partial charge in [0.2, 0.25) is 0 Å². The van der Waals surface area contributed by atoms with Crippen LogP contribution in [0.25, 0.3) is 0 Å². The van der Waals surface area contributed by atoms with Crippen molar-refractivity contribution in [2.45, 2.75) is 276 Å². The van der Waals surface area contributed by atoms with Crippen molar-refractivity contribution in [3.63, 3.8) is 0 Å². The second-order valence-corrected chi connectivity index (χ2v) is 20.6. The van der Waals surface area contributed by atoms with E-state index in [0.29, 0.717) is 19.3 Å². The quantitative estimate of drug-likeness (QED) is 0.0228. The summed E-state index contributed by atoms with van der Waals surface area (Å²) in [5.74, 6) is -3.30. The molecule has 79 heavy (non-hydrogen) atoms. The molecule has 3 N–H and O–H groups in total. The van der Waals surface area contributed by atoms with E-state index in [1.165, 1.54) is 70.6 Å². The topological polar surface area (TPSA) is 175 Å². The molecule has 0 spiro atoms. The predicted octanol–water partition coefficient (Wildman–Crippen LogP) is 16.2. The Morgan fingerprint density at radius 3 is 1.28 bits per heavy atom. The van der Waals surface area contributed by atoms with Gasteiger partial charge in [-0.15, -0.1) is 0 Å². The zero-order valence-corrected chi connectivity index (χ0v) is 49.3. The van der Waals surface area contributed by atoms with Crippen LogP contribution < -0.4 is 0 Å². The molecule has 12 heteroatoms. The molecule has 0 radical (unpaired) electrons. The molecule has 448 valence electrons. The van der Waals surface area contributed by atoms with E-state index in [0.717, 1.165) is 109 Å². The lowest BCUT2D eigenvalue weighted by Crippen LogP contribution is -2.61. The zero-order valence-electron chi connectivity index (χ0n) is 49.3. The fraction of sp³-hybridized carbons (Fsp3) is 0.672. The molecule has 0 aromatic rings. The van der Waals surface area contributed by atoms with E-state index in [1.54, 1.807) is 6.08 Å². The molecule has 1 saturated heterocycles. The molecule has 0 saturated carbocycles. The standard InChI is InChI=1S/C67H108O12/c1-4-7-10-13-16-19-22-25-28-29-30-31-34-37-40-43-46-49-52-55-61(70)78-65-63(72)62(71)64(66(73)74)79-67(65)76-57-58(77-60(69)54-51-48-45-42-39-36-33-27-24-21-18-15-12-9-6-3)56-75-59(68)53-50-47-44-41-38-35-32-26-23-20-17-14-11-8-5-2/h7-8,10-11,16-17,19-20,25-26,28,30-32,38,41,47,50,58,62-65,67,71-72H,4-6,9,12-15,18,21-24,27,29,33-37,39-40,42-46,48-49,51-57H2,1-3H3,(H,73,74)/b10-7-,11-8-,19-16-,20-17-,28-25-,31-30-,32-26-,41-38-,50-47-. The first-order valence-corrected chi connectivity index (χ1v) is 30.9. The number of aliphatic hydroxyl groups is 2. The summed E-state index contributed by atoms with van der Waals surface area (Å²) in [6.45, 7) is 5.68. The fourth-order valence-electron chi connectivity index (χ4n) is 8.73. The normalized spacial score (nSPS) is 18.6. The lowest BCUT2D eigenvalue weighted by Gasteiger charge is -2.40. The van der Waals surface area contributed by atoms with E-state index in [4.69, 9.17) is 23.7 Å². The van der Waals surface area contributed by atoms with Gasteiger partial charge in [0.15, 0.2) is 24.6 Å². The Kier molecular flexibility index (Phi) is 49.5. The third kappa shape index (κ3) is 43.8. The van der Waals surface area contributed by atoms with Crippen LogP contribution in [0.2, 0.25) is 0 Å². The minimum Gasteiger partial charge on any atom is -0.479 e. The average molecular weight is 1110 g/mol. The van der Waals surface area contributed by atoms with E-state index in [9.17, 15) is 34.5 Å². The number of hydrogen-bond donors (Lipinski definition) is 3. The lowest BCUT2D eigenvalue weighted by atomic mass is 9.98. The molecule has 1 fully saturated rings. The first kappa shape index (κ1) is 72.4. The maximum Gasteiger partial charge on any atom is 0.335 e. The molecule has 12 nitrogen and oxygen atoms in total. The van der Waals surface area contributed by atoms with Crippen molar-refractivity contribution in [1.29, 1.82) is 0 Å². The van der Waals surface area contributed by atoms with Gasteiger partial charge in [-0.2, -0.15) is 0 Å². The van der Waals surface area contributed by atoms with Crippen molar-refractivity contribution in [3.8, 4) is 0 Å². The Morgan fingerprint density at radius 2 is 0.835 bits per heavy atom. The Balaban J connectivity index is 2.73. The summed E-state index contributed by atoms with van der Waals surface area (Å²) in [5, 5.41) is 31.5. The van der Waals surface area contributed by atoms with Crippen molar-refractivity contribution >= 4 is 23.9 Å². The number of carbonyl (C=O) groups is 4. The highest BCUT2D eigenvalue weighted by Gasteiger charge is 2.50.